The molecular weight excluding hydrogens is 342 g/mol. The van der Waals surface area contributed by atoms with Gasteiger partial charge < -0.3 is 21.1 Å². The van der Waals surface area contributed by atoms with Crippen LogP contribution in [0.4, 0.5) is 17.2 Å². The van der Waals surface area contributed by atoms with Crippen molar-refractivity contribution in [3.63, 3.8) is 0 Å². The van der Waals surface area contributed by atoms with E-state index in [0.29, 0.717) is 39.5 Å². The number of esters is 1. The monoisotopic (exact) mass is 365 g/mol. The van der Waals surface area contributed by atoms with Gasteiger partial charge in [-0.15, -0.1) is 0 Å². The van der Waals surface area contributed by atoms with Crippen LogP contribution < -0.4 is 16.4 Å². The van der Waals surface area contributed by atoms with Gasteiger partial charge >= 0.3 is 5.97 Å². The van der Waals surface area contributed by atoms with E-state index >= 15 is 0 Å². The van der Waals surface area contributed by atoms with E-state index < -0.39 is 5.97 Å². The van der Waals surface area contributed by atoms with E-state index in [2.05, 4.69) is 13.8 Å². The lowest BCUT2D eigenvalue weighted by atomic mass is 10.1. The molecule has 4 N–H and O–H groups in total. The van der Waals surface area contributed by atoms with Gasteiger partial charge in [-0.3, -0.25) is 0 Å². The number of nitrogens with zero attached hydrogens (tertiary/aromatic N) is 3. The van der Waals surface area contributed by atoms with Gasteiger partial charge in [0.2, 0.25) is 0 Å². The summed E-state index contributed by atoms with van der Waals surface area (Å²) in [5.41, 5.74) is 16.1. The van der Waals surface area contributed by atoms with Gasteiger partial charge in [0.05, 0.1) is 35.1 Å². The van der Waals surface area contributed by atoms with E-state index in [4.69, 9.17) is 26.2 Å². The maximum atomic E-state index is 11.8. The van der Waals surface area contributed by atoms with Crippen molar-refractivity contribution in [2.45, 2.75) is 19.9 Å². The van der Waals surface area contributed by atoms with E-state index in [1.165, 1.54) is 7.11 Å². The Kier molecular flexibility index (Phi) is 4.85. The van der Waals surface area contributed by atoms with E-state index in [1.54, 1.807) is 30.3 Å². The number of rotatable bonds is 4. The first-order valence-electron chi connectivity index (χ1n) is 8.60. The van der Waals surface area contributed by atoms with Crippen LogP contribution in [0.15, 0.2) is 36.4 Å². The van der Waals surface area contributed by atoms with Gasteiger partial charge in [-0.25, -0.2) is 14.8 Å². The van der Waals surface area contributed by atoms with Crippen LogP contribution in [0.2, 0.25) is 0 Å². The number of nitrogen functional groups attached to an aromatic ring is 2. The Hall–Kier alpha value is -3.35. The molecular formula is C20H23N5O2. The molecule has 3 rings (SSSR count). The molecule has 0 aliphatic carbocycles. The number of ether oxygens (including phenoxy) is 1. The van der Waals surface area contributed by atoms with E-state index in [1.807, 2.05) is 18.0 Å². The van der Waals surface area contributed by atoms with Gasteiger partial charge in [-0.05, 0) is 44.2 Å². The minimum absolute atomic E-state index is 0.199. The molecule has 27 heavy (non-hydrogen) atoms. The topological polar surface area (TPSA) is 107 Å². The summed E-state index contributed by atoms with van der Waals surface area (Å²) in [5, 5.41) is 0. The van der Waals surface area contributed by atoms with Gasteiger partial charge in [0.25, 0.3) is 0 Å². The Labute approximate surface area is 158 Å². The zero-order valence-corrected chi connectivity index (χ0v) is 15.9. The quantitative estimate of drug-likeness (QED) is 0.540. The van der Waals surface area contributed by atoms with Crippen LogP contribution in [0.3, 0.4) is 0 Å². The second-order valence-corrected chi connectivity index (χ2v) is 6.64. The van der Waals surface area contributed by atoms with E-state index in [-0.39, 0.29) is 6.04 Å². The molecule has 0 amide bonds. The minimum atomic E-state index is -0.409. The Balaban J connectivity index is 2.25. The number of anilines is 3. The second-order valence-electron chi connectivity index (χ2n) is 6.64. The number of aromatic nitrogens is 2. The average Bonchev–Trinajstić information content (AvgIpc) is 2.67. The van der Waals surface area contributed by atoms with Crippen molar-refractivity contribution in [3.8, 4) is 11.3 Å². The number of fused-ring (bicyclic) bond motifs is 1. The molecule has 3 aromatic rings. The molecule has 0 aliphatic heterocycles. The highest BCUT2D eigenvalue weighted by molar-refractivity contribution is 5.94. The van der Waals surface area contributed by atoms with Crippen molar-refractivity contribution in [1.82, 2.24) is 9.97 Å². The van der Waals surface area contributed by atoms with Crippen LogP contribution >= 0.6 is 0 Å². The highest BCUT2D eigenvalue weighted by atomic mass is 16.5. The lowest BCUT2D eigenvalue weighted by molar-refractivity contribution is 0.0601. The summed E-state index contributed by atoms with van der Waals surface area (Å²) in [7, 11) is 3.31. The normalized spacial score (nSPS) is 11.0. The van der Waals surface area contributed by atoms with Gasteiger partial charge in [-0.1, -0.05) is 6.07 Å². The highest BCUT2D eigenvalue weighted by Crippen LogP contribution is 2.32. The molecule has 0 saturated carbocycles. The first kappa shape index (κ1) is 18.4. The van der Waals surface area contributed by atoms with Crippen molar-refractivity contribution >= 4 is 34.2 Å². The molecule has 7 nitrogen and oxygen atoms in total. The predicted octanol–water partition coefficient (Wildman–Crippen LogP) is 3.09. The standard InChI is InChI=1S/C20H23N5O2/c1-11(2)25(3)19-18(12-5-7-14(21)15(22)9-12)23-16-8-6-13(20(26)27-4)10-17(16)24-19/h5-11H,21-22H2,1-4H3. The Morgan fingerprint density at radius 1 is 1.04 bits per heavy atom. The fraction of sp³-hybridized carbons (Fsp3) is 0.250. The summed E-state index contributed by atoms with van der Waals surface area (Å²) in [6.45, 7) is 4.13. The molecule has 0 atom stereocenters. The number of hydrogen-bond donors (Lipinski definition) is 2. The maximum Gasteiger partial charge on any atom is 0.337 e. The molecule has 2 aromatic carbocycles. The van der Waals surface area contributed by atoms with Crippen LogP contribution in [0.25, 0.3) is 22.3 Å². The molecule has 0 unspecified atom stereocenters. The Bertz CT molecular complexity index is 1020. The Morgan fingerprint density at radius 2 is 1.78 bits per heavy atom. The van der Waals surface area contributed by atoms with Gasteiger partial charge in [0.15, 0.2) is 5.82 Å². The molecule has 0 fully saturated rings. The van der Waals surface area contributed by atoms with Gasteiger partial charge in [-0.2, -0.15) is 0 Å². The number of carbonyl (C=O) groups is 1. The summed E-state index contributed by atoms with van der Waals surface area (Å²) < 4.78 is 4.80. The number of carbonyl (C=O) groups excluding carboxylic acids is 1. The zero-order valence-electron chi connectivity index (χ0n) is 15.9. The number of nitrogens with two attached hydrogens (primary N) is 2. The van der Waals surface area contributed by atoms with Crippen molar-refractivity contribution in [2.75, 3.05) is 30.5 Å². The third-order valence-electron chi connectivity index (χ3n) is 4.54. The van der Waals surface area contributed by atoms with Crippen molar-refractivity contribution < 1.29 is 9.53 Å². The molecule has 0 spiro atoms. The van der Waals surface area contributed by atoms with Gasteiger partial charge in [0, 0.05) is 18.7 Å². The number of methoxy groups -OCH3 is 1. The van der Waals surface area contributed by atoms with Crippen LogP contribution in [-0.4, -0.2) is 36.1 Å². The highest BCUT2D eigenvalue weighted by Gasteiger charge is 2.18. The largest absolute Gasteiger partial charge is 0.465 e. The fourth-order valence-corrected chi connectivity index (χ4v) is 2.70. The fourth-order valence-electron chi connectivity index (χ4n) is 2.70. The minimum Gasteiger partial charge on any atom is -0.465 e. The first-order valence-corrected chi connectivity index (χ1v) is 8.60. The van der Waals surface area contributed by atoms with Crippen molar-refractivity contribution in [3.05, 3.63) is 42.0 Å². The Morgan fingerprint density at radius 3 is 2.41 bits per heavy atom. The molecule has 1 heterocycles. The van der Waals surface area contributed by atoms with Crippen LogP contribution in [0, 0.1) is 0 Å². The van der Waals surface area contributed by atoms with Crippen molar-refractivity contribution in [1.29, 1.82) is 0 Å². The molecule has 140 valence electrons. The molecule has 7 heteroatoms. The summed E-state index contributed by atoms with van der Waals surface area (Å²) >= 11 is 0. The lowest BCUT2D eigenvalue weighted by Crippen LogP contribution is -2.27. The van der Waals surface area contributed by atoms with Crippen LogP contribution in [-0.2, 0) is 4.74 Å². The lowest BCUT2D eigenvalue weighted by Gasteiger charge is -2.25. The smallest absolute Gasteiger partial charge is 0.337 e. The molecule has 0 radical (unpaired) electrons. The average molecular weight is 365 g/mol. The van der Waals surface area contributed by atoms with Crippen molar-refractivity contribution in [2.24, 2.45) is 0 Å². The summed E-state index contributed by atoms with van der Waals surface area (Å²) in [4.78, 5) is 23.4. The third kappa shape index (κ3) is 3.48. The van der Waals surface area contributed by atoms with Gasteiger partial charge in [0.1, 0.15) is 5.69 Å². The summed E-state index contributed by atoms with van der Waals surface area (Å²) in [6, 6.07) is 10.8. The zero-order chi connectivity index (χ0) is 19.7. The van der Waals surface area contributed by atoms with Crippen LogP contribution in [0.5, 0.6) is 0 Å². The van der Waals surface area contributed by atoms with E-state index in [9.17, 15) is 4.79 Å². The number of hydrogen-bond acceptors (Lipinski definition) is 7. The summed E-state index contributed by atoms with van der Waals surface area (Å²) in [6.07, 6.45) is 0. The SMILES string of the molecule is COC(=O)c1ccc2nc(-c3ccc(N)c(N)c3)c(N(C)C(C)C)nc2c1. The molecule has 0 bridgehead atoms. The predicted molar refractivity (Wildman–Crippen MR) is 109 cm³/mol. The van der Waals surface area contributed by atoms with Crippen LogP contribution in [0.1, 0.15) is 24.2 Å². The van der Waals surface area contributed by atoms with E-state index in [0.717, 1.165) is 5.56 Å². The molecule has 1 aromatic heterocycles. The maximum absolute atomic E-state index is 11.8. The third-order valence-corrected chi connectivity index (χ3v) is 4.54. The molecule has 0 aliphatic rings. The molecule has 0 saturated heterocycles. The first-order chi connectivity index (χ1) is 12.8. The summed E-state index contributed by atoms with van der Waals surface area (Å²) in [5.74, 6) is 0.288. The second kappa shape index (κ2) is 7.11. The number of benzene rings is 2.